The Morgan fingerprint density at radius 1 is 1.33 bits per heavy atom. The first-order chi connectivity index (χ1) is 7.08. The van der Waals surface area contributed by atoms with Crippen LogP contribution in [0.4, 0.5) is 0 Å². The van der Waals surface area contributed by atoms with E-state index in [0.717, 1.165) is 5.56 Å². The third kappa shape index (κ3) is 3.08. The van der Waals surface area contributed by atoms with E-state index < -0.39 is 10.0 Å². The number of rotatable bonds is 3. The maximum Gasteiger partial charge on any atom is 0.241 e. The van der Waals surface area contributed by atoms with Crippen molar-refractivity contribution in [1.82, 2.24) is 4.72 Å². The Morgan fingerprint density at radius 2 is 2.00 bits per heavy atom. The molecule has 0 saturated heterocycles. The molecule has 1 N–H and O–H groups in total. The Kier molecular flexibility index (Phi) is 3.89. The van der Waals surface area contributed by atoms with Crippen LogP contribution in [-0.4, -0.2) is 15.0 Å². The minimum absolute atomic E-state index is 0.146. The van der Waals surface area contributed by atoms with Crippen LogP contribution in [-0.2, 0) is 10.0 Å². The number of hydrogen-bond donors (Lipinski definition) is 1. The molecule has 0 aliphatic heterocycles. The summed E-state index contributed by atoms with van der Waals surface area (Å²) in [5, 5.41) is 0. The number of aryl methyl sites for hydroxylation is 1. The summed E-state index contributed by atoms with van der Waals surface area (Å²) < 4.78 is 25.9. The first-order valence-electron chi connectivity index (χ1n) is 4.53. The second-order valence-electron chi connectivity index (χ2n) is 3.02. The van der Waals surface area contributed by atoms with Gasteiger partial charge in [-0.2, -0.15) is 4.72 Å². The zero-order valence-electron chi connectivity index (χ0n) is 8.74. The summed E-state index contributed by atoms with van der Waals surface area (Å²) in [4.78, 5) is 0.308. The van der Waals surface area contributed by atoms with Gasteiger partial charge in [0.05, 0.1) is 11.4 Å². The number of hydrogen-bond acceptors (Lipinski definition) is 2. The average Bonchev–Trinajstić information content (AvgIpc) is 2.18. The minimum Gasteiger partial charge on any atom is -0.207 e. The van der Waals surface area contributed by atoms with E-state index in [1.54, 1.807) is 38.1 Å². The van der Waals surface area contributed by atoms with Crippen LogP contribution < -0.4 is 4.72 Å². The van der Waals surface area contributed by atoms with E-state index in [1.165, 1.54) is 0 Å². The second kappa shape index (κ2) is 4.96. The second-order valence-corrected chi connectivity index (χ2v) is 4.75. The maximum absolute atomic E-state index is 11.7. The molecule has 0 bridgehead atoms. The Balaban J connectivity index is 2.95. The van der Waals surface area contributed by atoms with Gasteiger partial charge in [0, 0.05) is 0 Å². The van der Waals surface area contributed by atoms with Crippen LogP contribution in [0.1, 0.15) is 12.5 Å². The summed E-state index contributed by atoms with van der Waals surface area (Å²) in [6.07, 6.45) is 0. The molecular formula is C11H13NO2S. The van der Waals surface area contributed by atoms with Gasteiger partial charge in [-0.1, -0.05) is 24.1 Å². The van der Waals surface area contributed by atoms with E-state index in [0.29, 0.717) is 4.90 Å². The summed E-state index contributed by atoms with van der Waals surface area (Å²) in [6, 6.07) is 6.85. The van der Waals surface area contributed by atoms with E-state index in [9.17, 15) is 8.42 Å². The highest BCUT2D eigenvalue weighted by molar-refractivity contribution is 7.89. The van der Waals surface area contributed by atoms with Gasteiger partial charge in [-0.15, -0.1) is 5.92 Å². The molecule has 0 unspecified atom stereocenters. The van der Waals surface area contributed by atoms with Crippen molar-refractivity contribution in [2.75, 3.05) is 6.54 Å². The van der Waals surface area contributed by atoms with Crippen LogP contribution in [0.25, 0.3) is 0 Å². The highest BCUT2D eigenvalue weighted by Crippen LogP contribution is 2.13. The Labute approximate surface area is 90.6 Å². The lowest BCUT2D eigenvalue weighted by atomic mass is 10.2. The van der Waals surface area contributed by atoms with E-state index in [4.69, 9.17) is 0 Å². The summed E-state index contributed by atoms with van der Waals surface area (Å²) in [5.41, 5.74) is 0.731. The predicted octanol–water partition coefficient (Wildman–Crippen LogP) is 1.30. The largest absolute Gasteiger partial charge is 0.241 e. The first kappa shape index (κ1) is 11.8. The molecule has 1 rings (SSSR count). The van der Waals surface area contributed by atoms with Gasteiger partial charge in [0.2, 0.25) is 10.0 Å². The molecule has 0 spiro atoms. The lowest BCUT2D eigenvalue weighted by molar-refractivity contribution is 0.585. The molecule has 1 aromatic rings. The molecule has 0 aromatic heterocycles. The molecule has 3 nitrogen and oxygen atoms in total. The zero-order valence-corrected chi connectivity index (χ0v) is 9.56. The smallest absolute Gasteiger partial charge is 0.207 e. The number of sulfonamides is 1. The topological polar surface area (TPSA) is 46.2 Å². The quantitative estimate of drug-likeness (QED) is 0.785. The molecule has 0 aliphatic rings. The van der Waals surface area contributed by atoms with Crippen molar-refractivity contribution in [2.45, 2.75) is 18.7 Å². The van der Waals surface area contributed by atoms with Gasteiger partial charge in [-0.3, -0.25) is 0 Å². The summed E-state index contributed by atoms with van der Waals surface area (Å²) in [5.74, 6) is 5.28. The normalized spacial score (nSPS) is 10.5. The van der Waals surface area contributed by atoms with Crippen molar-refractivity contribution in [3.63, 3.8) is 0 Å². The van der Waals surface area contributed by atoms with Gasteiger partial charge in [-0.25, -0.2) is 8.42 Å². The molecule has 0 aliphatic carbocycles. The van der Waals surface area contributed by atoms with Crippen molar-refractivity contribution in [3.05, 3.63) is 29.8 Å². The predicted molar refractivity (Wildman–Crippen MR) is 59.8 cm³/mol. The van der Waals surface area contributed by atoms with Gasteiger partial charge >= 0.3 is 0 Å². The van der Waals surface area contributed by atoms with Gasteiger partial charge < -0.3 is 0 Å². The van der Waals surface area contributed by atoms with Crippen LogP contribution >= 0.6 is 0 Å². The summed E-state index contributed by atoms with van der Waals surface area (Å²) >= 11 is 0. The van der Waals surface area contributed by atoms with Gasteiger partial charge in [0.25, 0.3) is 0 Å². The third-order valence-electron chi connectivity index (χ3n) is 1.91. The SMILES string of the molecule is CC#CCNS(=O)(=O)c1ccccc1C. The van der Waals surface area contributed by atoms with E-state index in [2.05, 4.69) is 16.6 Å². The number of nitrogens with one attached hydrogen (secondary N) is 1. The fourth-order valence-electron chi connectivity index (χ4n) is 1.16. The Bertz CT molecular complexity index is 495. The molecule has 0 atom stereocenters. The summed E-state index contributed by atoms with van der Waals surface area (Å²) in [7, 11) is -3.42. The van der Waals surface area contributed by atoms with Crippen molar-refractivity contribution >= 4 is 10.0 Å². The van der Waals surface area contributed by atoms with Crippen molar-refractivity contribution in [1.29, 1.82) is 0 Å². The van der Waals surface area contributed by atoms with Crippen LogP contribution in [0.5, 0.6) is 0 Å². The standard InChI is InChI=1S/C11H13NO2S/c1-3-4-9-12-15(13,14)11-8-6-5-7-10(11)2/h5-8,12H,9H2,1-2H3. The Morgan fingerprint density at radius 3 is 2.60 bits per heavy atom. The van der Waals surface area contributed by atoms with Gasteiger partial charge in [0.1, 0.15) is 0 Å². The minimum atomic E-state index is -3.42. The fraction of sp³-hybridized carbons (Fsp3) is 0.273. The van der Waals surface area contributed by atoms with Gasteiger partial charge in [0.15, 0.2) is 0 Å². The molecule has 80 valence electrons. The molecule has 1 aromatic carbocycles. The lowest BCUT2D eigenvalue weighted by Gasteiger charge is -2.06. The summed E-state index contributed by atoms with van der Waals surface area (Å²) in [6.45, 7) is 3.58. The van der Waals surface area contributed by atoms with E-state index in [-0.39, 0.29) is 6.54 Å². The Hall–Kier alpha value is -1.31. The zero-order chi connectivity index (χ0) is 11.3. The van der Waals surface area contributed by atoms with Crippen molar-refractivity contribution < 1.29 is 8.42 Å². The molecule has 0 saturated carbocycles. The average molecular weight is 223 g/mol. The molecule has 0 heterocycles. The molecule has 4 heteroatoms. The van der Waals surface area contributed by atoms with Crippen molar-refractivity contribution in [3.8, 4) is 11.8 Å². The first-order valence-corrected chi connectivity index (χ1v) is 6.01. The molecule has 0 fully saturated rings. The van der Waals surface area contributed by atoms with E-state index in [1.807, 2.05) is 0 Å². The highest BCUT2D eigenvalue weighted by Gasteiger charge is 2.14. The molecule has 0 amide bonds. The molecular weight excluding hydrogens is 210 g/mol. The fourth-order valence-corrected chi connectivity index (χ4v) is 2.32. The van der Waals surface area contributed by atoms with Crippen molar-refractivity contribution in [2.24, 2.45) is 0 Å². The monoisotopic (exact) mass is 223 g/mol. The highest BCUT2D eigenvalue weighted by atomic mass is 32.2. The van der Waals surface area contributed by atoms with Crippen LogP contribution in [0.3, 0.4) is 0 Å². The van der Waals surface area contributed by atoms with Crippen LogP contribution in [0.15, 0.2) is 29.2 Å². The molecule has 15 heavy (non-hydrogen) atoms. The maximum atomic E-state index is 11.7. The number of benzene rings is 1. The van der Waals surface area contributed by atoms with E-state index >= 15 is 0 Å². The van der Waals surface area contributed by atoms with Crippen LogP contribution in [0, 0.1) is 18.8 Å². The third-order valence-corrected chi connectivity index (χ3v) is 3.47. The van der Waals surface area contributed by atoms with Gasteiger partial charge in [-0.05, 0) is 25.5 Å². The molecule has 0 radical (unpaired) electrons. The lowest BCUT2D eigenvalue weighted by Crippen LogP contribution is -2.24. The van der Waals surface area contributed by atoms with Crippen LogP contribution in [0.2, 0.25) is 0 Å².